The van der Waals surface area contributed by atoms with Crippen LogP contribution < -0.4 is 0 Å². The third-order valence-electron chi connectivity index (χ3n) is 15.3. The van der Waals surface area contributed by atoms with Crippen LogP contribution in [0.4, 0.5) is 0 Å². The van der Waals surface area contributed by atoms with Crippen LogP contribution >= 0.6 is 34.4 Å². The second-order valence-corrected chi connectivity index (χ2v) is 38.1. The maximum absolute atomic E-state index is 3.26. The third-order valence-corrected chi connectivity index (χ3v) is 73.8. The van der Waals surface area contributed by atoms with Gasteiger partial charge >= 0.3 is 87.5 Å². The number of rotatable bonds is 2. The van der Waals surface area contributed by atoms with Crippen molar-refractivity contribution in [2.45, 2.75) is 46.6 Å². The minimum absolute atomic E-state index is 1.16. The zero-order chi connectivity index (χ0) is 9.35. The first-order chi connectivity index (χ1) is 7.06. The van der Waals surface area contributed by atoms with Gasteiger partial charge in [-0.1, -0.05) is 0 Å². The average molecular weight is 314 g/mol. The molecule has 5 heteroatoms. The van der Waals surface area contributed by atoms with Crippen molar-refractivity contribution in [2.24, 2.45) is 0 Å². The predicted molar refractivity (Wildman–Crippen MR) is 71.5 cm³/mol. The fourth-order valence-electron chi connectivity index (χ4n) is 17.3. The van der Waals surface area contributed by atoms with Gasteiger partial charge in [0.15, 0.2) is 0 Å². The molecule has 10 heterocycles. The van der Waals surface area contributed by atoms with Crippen molar-refractivity contribution >= 4 is 34.4 Å². The molecule has 1 spiro atoms. The molecule has 10 aliphatic heterocycles. The fourth-order valence-corrected chi connectivity index (χ4v) is 133. The van der Waals surface area contributed by atoms with Gasteiger partial charge in [0.25, 0.3) is 0 Å². The SMILES string of the molecule is PP[C]12[CH]3[CH]4[CH]5[C]1(PP)[Fe]43521678[CH]2[CH]1[CH]6[CH]7[CH]28. The van der Waals surface area contributed by atoms with Crippen molar-refractivity contribution in [3.8, 4) is 0 Å². The second kappa shape index (κ2) is 0.519. The zero-order valence-corrected chi connectivity index (χ0v) is 13.5. The van der Waals surface area contributed by atoms with E-state index in [9.17, 15) is 0 Å². The molecular formula is C10H14FeP4. The van der Waals surface area contributed by atoms with Crippen molar-refractivity contribution in [3.63, 3.8) is 0 Å². The summed E-state index contributed by atoms with van der Waals surface area (Å²) < 4.78 is 2.33. The Labute approximate surface area is 87.3 Å². The summed E-state index contributed by atoms with van der Waals surface area (Å²) in [6.07, 6.45) is 0. The fraction of sp³-hybridized carbons (Fsp3) is 1.00. The zero-order valence-electron chi connectivity index (χ0n) is 8.13. The Morgan fingerprint density at radius 1 is 0.733 bits per heavy atom. The van der Waals surface area contributed by atoms with E-state index in [1.807, 2.05) is 0 Å². The summed E-state index contributed by atoms with van der Waals surface area (Å²) in [6.45, 7) is -2.74. The Morgan fingerprint density at radius 2 is 1.13 bits per heavy atom. The van der Waals surface area contributed by atoms with Crippen LogP contribution in [0.5, 0.6) is 0 Å². The summed E-state index contributed by atoms with van der Waals surface area (Å²) >= 11 is 0. The normalized spacial score (nSPS) is 140. The molecule has 0 bridgehead atoms. The van der Waals surface area contributed by atoms with E-state index in [1.54, 1.807) is 0 Å². The van der Waals surface area contributed by atoms with Crippen LogP contribution in [0.2, 0.25) is 38.5 Å². The minimum atomic E-state index is -2.74. The summed E-state index contributed by atoms with van der Waals surface area (Å²) in [7, 11) is 9.16. The van der Waals surface area contributed by atoms with Crippen molar-refractivity contribution in [1.29, 1.82) is 0 Å². The Bertz CT molecular complexity index is 856. The van der Waals surface area contributed by atoms with Gasteiger partial charge in [-0.2, -0.15) is 0 Å². The van der Waals surface area contributed by atoms with Gasteiger partial charge < -0.3 is 0 Å². The summed E-state index contributed by atoms with van der Waals surface area (Å²) in [5.74, 6) is 0. The van der Waals surface area contributed by atoms with Gasteiger partial charge in [-0.05, 0) is 0 Å². The van der Waals surface area contributed by atoms with Crippen LogP contribution in [0.15, 0.2) is 0 Å². The molecule has 10 saturated heterocycles. The maximum atomic E-state index is 3.26. The number of fused-ring (bicyclic) bond motifs is 10. The van der Waals surface area contributed by atoms with Crippen LogP contribution in [-0.2, 0) is 6.51 Å². The first-order valence-corrected chi connectivity index (χ1v) is 18.0. The molecule has 8 unspecified atom stereocenters. The van der Waals surface area contributed by atoms with Crippen molar-refractivity contribution in [3.05, 3.63) is 0 Å². The predicted octanol–water partition coefficient (Wildman–Crippen LogP) is 4.13. The third kappa shape index (κ3) is 0.0595. The molecule has 0 amide bonds. The molecule has 0 saturated carbocycles. The molecule has 0 N–H and O–H groups in total. The quantitative estimate of drug-likeness (QED) is 0.531. The standard InChI is InChI=1S/C5H9P4.C5H5.Fe/c6-8-4-2-1-3-5(4)9-7;1-2-4-5-3-1;/h1-3,8-9H,6-7H2;1-5H;. The molecule has 15 heavy (non-hydrogen) atoms. The molecular weight excluding hydrogens is 300 g/mol. The molecule has 0 aromatic carbocycles. The average Bonchev–Trinajstić information content (AvgIpc) is 3.21. The molecule has 0 aromatic rings. The molecule has 8 atom stereocenters. The Balaban J connectivity index is 1.90. The van der Waals surface area contributed by atoms with E-state index in [1.165, 1.54) is 55.1 Å². The van der Waals surface area contributed by atoms with Crippen LogP contribution in [0.25, 0.3) is 0 Å². The van der Waals surface area contributed by atoms with E-state index in [4.69, 9.17) is 0 Å². The first kappa shape index (κ1) is 6.60. The number of hydrogen-bond donors (Lipinski definition) is 0. The van der Waals surface area contributed by atoms with Gasteiger partial charge in [-0.25, -0.2) is 0 Å². The molecule has 0 nitrogen and oxygen atoms in total. The molecule has 82 valence electrons. The van der Waals surface area contributed by atoms with Gasteiger partial charge in [0, 0.05) is 0 Å². The number of hydrogen-bond acceptors (Lipinski definition) is 0. The van der Waals surface area contributed by atoms with Crippen molar-refractivity contribution in [2.75, 3.05) is 0 Å². The van der Waals surface area contributed by atoms with Crippen LogP contribution in [0.3, 0.4) is 0 Å². The Hall–Kier alpha value is 2.24. The van der Waals surface area contributed by atoms with E-state index >= 15 is 0 Å². The van der Waals surface area contributed by atoms with Gasteiger partial charge in [-0.3, -0.25) is 0 Å². The molecule has 10 fully saturated rings. The van der Waals surface area contributed by atoms with Crippen LogP contribution in [0, 0.1) is 0 Å². The van der Waals surface area contributed by atoms with Crippen molar-refractivity contribution in [1.82, 2.24) is 0 Å². The molecule has 0 aromatic heterocycles. The summed E-state index contributed by atoms with van der Waals surface area (Å²) in [4.78, 5) is 12.2. The summed E-state index contributed by atoms with van der Waals surface area (Å²) in [5.41, 5.74) is 0. The van der Waals surface area contributed by atoms with E-state index in [0.717, 1.165) is 8.11 Å². The monoisotopic (exact) mass is 314 g/mol. The van der Waals surface area contributed by atoms with Gasteiger partial charge in [-0.15, -0.1) is 0 Å². The summed E-state index contributed by atoms with van der Waals surface area (Å²) in [5, 5.41) is 0. The molecule has 0 aliphatic carbocycles. The first-order valence-electron chi connectivity index (χ1n) is 6.22. The molecule has 0 radical (unpaired) electrons. The van der Waals surface area contributed by atoms with Gasteiger partial charge in [0.2, 0.25) is 0 Å². The van der Waals surface area contributed by atoms with E-state index < -0.39 is 6.51 Å². The van der Waals surface area contributed by atoms with E-state index in [2.05, 4.69) is 17.9 Å². The van der Waals surface area contributed by atoms with E-state index in [0.29, 0.717) is 0 Å². The topological polar surface area (TPSA) is 0 Å². The second-order valence-electron chi connectivity index (χ2n) is 10.0. The van der Waals surface area contributed by atoms with Crippen molar-refractivity contribution < 1.29 is 6.51 Å². The van der Waals surface area contributed by atoms with Crippen LogP contribution in [-0.4, -0.2) is 8.11 Å². The van der Waals surface area contributed by atoms with E-state index in [-0.39, 0.29) is 0 Å². The van der Waals surface area contributed by atoms with Crippen LogP contribution in [0.1, 0.15) is 0 Å². The molecule has 10 aliphatic rings. The Morgan fingerprint density at radius 3 is 1.27 bits per heavy atom. The van der Waals surface area contributed by atoms with Gasteiger partial charge in [0.1, 0.15) is 0 Å². The summed E-state index contributed by atoms with van der Waals surface area (Å²) in [6, 6.07) is 0. The Kier molecular flexibility index (Phi) is 0.229. The van der Waals surface area contributed by atoms with Gasteiger partial charge in [0.05, 0.1) is 0 Å². The molecule has 10 rings (SSSR count).